The van der Waals surface area contributed by atoms with Crippen LogP contribution >= 0.6 is 24.0 Å². The van der Waals surface area contributed by atoms with E-state index in [9.17, 15) is 4.79 Å². The quantitative estimate of drug-likeness (QED) is 0.367. The number of aliphatic imine (C=N–C) groups is 1. The summed E-state index contributed by atoms with van der Waals surface area (Å²) in [4.78, 5) is 18.4. The van der Waals surface area contributed by atoms with Crippen molar-refractivity contribution in [3.63, 3.8) is 0 Å². The van der Waals surface area contributed by atoms with Crippen LogP contribution in [0.15, 0.2) is 47.6 Å². The highest BCUT2D eigenvalue weighted by Gasteiger charge is 2.25. The summed E-state index contributed by atoms with van der Waals surface area (Å²) in [6, 6.07) is 12.2. The number of halogens is 1. The Morgan fingerprint density at radius 1 is 1.25 bits per heavy atom. The molecule has 1 aromatic heterocycles. The van der Waals surface area contributed by atoms with Crippen molar-refractivity contribution in [2.75, 3.05) is 19.6 Å². The molecule has 1 amide bonds. The van der Waals surface area contributed by atoms with Gasteiger partial charge in [-0.25, -0.2) is 9.67 Å². The predicted octanol–water partition coefficient (Wildman–Crippen LogP) is 2.56. The SMILES string of the molecule is CCNC(=NCc1ccn(-c2ccccc2)n1)NC1CCN(C(=O)CC)C1.I. The molecule has 0 bridgehead atoms. The smallest absolute Gasteiger partial charge is 0.222 e. The number of rotatable bonds is 6. The highest BCUT2D eigenvalue weighted by Crippen LogP contribution is 2.11. The molecule has 0 aliphatic carbocycles. The first-order valence-electron chi connectivity index (χ1n) is 9.62. The lowest BCUT2D eigenvalue weighted by atomic mass is 10.3. The fourth-order valence-electron chi connectivity index (χ4n) is 3.17. The minimum absolute atomic E-state index is 0. The van der Waals surface area contributed by atoms with Gasteiger partial charge in [0, 0.05) is 38.3 Å². The summed E-state index contributed by atoms with van der Waals surface area (Å²) in [7, 11) is 0. The van der Waals surface area contributed by atoms with Gasteiger partial charge in [-0.1, -0.05) is 25.1 Å². The number of benzene rings is 1. The molecule has 1 saturated heterocycles. The van der Waals surface area contributed by atoms with E-state index in [2.05, 4.69) is 20.7 Å². The molecule has 1 aromatic carbocycles. The minimum Gasteiger partial charge on any atom is -0.357 e. The Kier molecular flexibility index (Phi) is 8.75. The van der Waals surface area contributed by atoms with E-state index in [4.69, 9.17) is 0 Å². The van der Waals surface area contributed by atoms with Crippen molar-refractivity contribution < 1.29 is 4.79 Å². The van der Waals surface area contributed by atoms with Crippen LogP contribution in [0, 0.1) is 0 Å². The van der Waals surface area contributed by atoms with Gasteiger partial charge < -0.3 is 15.5 Å². The Bertz CT molecular complexity index is 776. The van der Waals surface area contributed by atoms with Crippen LogP contribution in [0.5, 0.6) is 0 Å². The van der Waals surface area contributed by atoms with Crippen LogP contribution in [0.2, 0.25) is 0 Å². The average Bonchev–Trinajstić information content (AvgIpc) is 3.36. The predicted molar refractivity (Wildman–Crippen MR) is 122 cm³/mol. The van der Waals surface area contributed by atoms with Gasteiger partial charge in [-0.3, -0.25) is 4.79 Å². The third-order valence-corrected chi connectivity index (χ3v) is 4.59. The Labute approximate surface area is 183 Å². The van der Waals surface area contributed by atoms with Gasteiger partial charge in [-0.2, -0.15) is 5.10 Å². The molecule has 7 nitrogen and oxygen atoms in total. The van der Waals surface area contributed by atoms with Gasteiger partial charge in [-0.15, -0.1) is 24.0 Å². The molecular formula is C20H29IN6O. The lowest BCUT2D eigenvalue weighted by Gasteiger charge is -2.18. The largest absolute Gasteiger partial charge is 0.357 e. The second kappa shape index (κ2) is 11.0. The van der Waals surface area contributed by atoms with E-state index in [0.29, 0.717) is 13.0 Å². The van der Waals surface area contributed by atoms with Gasteiger partial charge in [0.25, 0.3) is 0 Å². The molecule has 1 fully saturated rings. The lowest BCUT2D eigenvalue weighted by molar-refractivity contribution is -0.129. The van der Waals surface area contributed by atoms with E-state index < -0.39 is 0 Å². The van der Waals surface area contributed by atoms with Crippen LogP contribution in [0.4, 0.5) is 0 Å². The van der Waals surface area contributed by atoms with E-state index >= 15 is 0 Å². The number of carbonyl (C=O) groups excluding carboxylic acids is 1. The van der Waals surface area contributed by atoms with E-state index in [-0.39, 0.29) is 35.9 Å². The Morgan fingerprint density at radius 2 is 2.04 bits per heavy atom. The Morgan fingerprint density at radius 3 is 2.75 bits per heavy atom. The average molecular weight is 496 g/mol. The fraction of sp³-hybridized carbons (Fsp3) is 0.450. The van der Waals surface area contributed by atoms with Crippen molar-refractivity contribution in [2.45, 2.75) is 39.3 Å². The third kappa shape index (κ3) is 5.95. The number of likely N-dealkylation sites (tertiary alicyclic amines) is 1. The Balaban J connectivity index is 0.00000280. The molecule has 152 valence electrons. The zero-order valence-electron chi connectivity index (χ0n) is 16.5. The number of aromatic nitrogens is 2. The fourth-order valence-corrected chi connectivity index (χ4v) is 3.17. The number of para-hydroxylation sites is 1. The molecule has 1 aliphatic rings. The number of hydrogen-bond donors (Lipinski definition) is 2. The van der Waals surface area contributed by atoms with Crippen molar-refractivity contribution in [3.8, 4) is 5.69 Å². The number of amides is 1. The van der Waals surface area contributed by atoms with Crippen LogP contribution in [-0.2, 0) is 11.3 Å². The zero-order chi connectivity index (χ0) is 19.1. The van der Waals surface area contributed by atoms with Crippen LogP contribution in [-0.4, -0.2) is 52.2 Å². The first-order chi connectivity index (χ1) is 13.2. The van der Waals surface area contributed by atoms with Gasteiger partial charge in [-0.05, 0) is 31.5 Å². The van der Waals surface area contributed by atoms with E-state index in [1.165, 1.54) is 0 Å². The van der Waals surface area contributed by atoms with Gasteiger partial charge >= 0.3 is 0 Å². The highest BCUT2D eigenvalue weighted by atomic mass is 127. The van der Waals surface area contributed by atoms with Crippen LogP contribution in [0.25, 0.3) is 5.69 Å². The molecule has 2 aromatic rings. The standard InChI is InChI=1S/C20H28N6O.HI/c1-3-19(27)25-12-10-17(15-25)23-20(21-4-2)22-14-16-11-13-26(24-16)18-8-6-5-7-9-18;/h5-9,11,13,17H,3-4,10,12,14-15H2,1-2H3,(H2,21,22,23);1H. The number of guanidine groups is 1. The maximum absolute atomic E-state index is 11.8. The molecule has 8 heteroatoms. The van der Waals surface area contributed by atoms with Crippen LogP contribution < -0.4 is 10.6 Å². The van der Waals surface area contributed by atoms with E-state index in [1.807, 2.05) is 66.0 Å². The molecule has 28 heavy (non-hydrogen) atoms. The number of carbonyl (C=O) groups is 1. The second-order valence-electron chi connectivity index (χ2n) is 6.61. The zero-order valence-corrected chi connectivity index (χ0v) is 18.8. The van der Waals surface area contributed by atoms with Crippen molar-refractivity contribution in [1.82, 2.24) is 25.3 Å². The summed E-state index contributed by atoms with van der Waals surface area (Å²) in [5.74, 6) is 0.982. The number of nitrogens with zero attached hydrogens (tertiary/aromatic N) is 4. The normalized spacial score (nSPS) is 16.6. The maximum atomic E-state index is 11.8. The summed E-state index contributed by atoms with van der Waals surface area (Å²) in [6.07, 6.45) is 3.45. The van der Waals surface area contributed by atoms with Crippen molar-refractivity contribution >= 4 is 35.8 Å². The van der Waals surface area contributed by atoms with Crippen molar-refractivity contribution in [2.24, 2.45) is 4.99 Å². The lowest BCUT2D eigenvalue weighted by Crippen LogP contribution is -2.45. The molecule has 0 saturated carbocycles. The van der Waals surface area contributed by atoms with Gasteiger partial charge in [0.2, 0.25) is 5.91 Å². The summed E-state index contributed by atoms with van der Waals surface area (Å²) in [5, 5.41) is 11.3. The van der Waals surface area contributed by atoms with E-state index in [1.54, 1.807) is 0 Å². The van der Waals surface area contributed by atoms with Crippen LogP contribution in [0.3, 0.4) is 0 Å². The first kappa shape index (κ1) is 22.2. The van der Waals surface area contributed by atoms with Crippen molar-refractivity contribution in [3.05, 3.63) is 48.3 Å². The minimum atomic E-state index is 0. The number of hydrogen-bond acceptors (Lipinski definition) is 3. The maximum Gasteiger partial charge on any atom is 0.222 e. The van der Waals surface area contributed by atoms with Crippen molar-refractivity contribution in [1.29, 1.82) is 0 Å². The topological polar surface area (TPSA) is 74.6 Å². The molecular weight excluding hydrogens is 467 g/mol. The summed E-state index contributed by atoms with van der Waals surface area (Å²) < 4.78 is 1.86. The first-order valence-corrected chi connectivity index (χ1v) is 9.62. The molecule has 2 heterocycles. The highest BCUT2D eigenvalue weighted by molar-refractivity contribution is 14.0. The van der Waals surface area contributed by atoms with Crippen LogP contribution in [0.1, 0.15) is 32.4 Å². The van der Waals surface area contributed by atoms with Gasteiger partial charge in [0.1, 0.15) is 0 Å². The van der Waals surface area contributed by atoms with E-state index in [0.717, 1.165) is 43.4 Å². The summed E-state index contributed by atoms with van der Waals surface area (Å²) >= 11 is 0. The second-order valence-corrected chi connectivity index (χ2v) is 6.61. The summed E-state index contributed by atoms with van der Waals surface area (Å²) in [6.45, 7) is 6.78. The monoisotopic (exact) mass is 496 g/mol. The van der Waals surface area contributed by atoms with Gasteiger partial charge in [0.05, 0.1) is 17.9 Å². The molecule has 3 rings (SSSR count). The molecule has 1 atom stereocenters. The molecule has 2 N–H and O–H groups in total. The molecule has 1 aliphatic heterocycles. The Hall–Kier alpha value is -2.10. The molecule has 1 unspecified atom stereocenters. The molecule has 0 spiro atoms. The number of nitrogens with one attached hydrogen (secondary N) is 2. The summed E-state index contributed by atoms with van der Waals surface area (Å²) in [5.41, 5.74) is 1.94. The third-order valence-electron chi connectivity index (χ3n) is 4.59. The van der Waals surface area contributed by atoms with Gasteiger partial charge in [0.15, 0.2) is 5.96 Å². The molecule has 0 radical (unpaired) electrons.